The van der Waals surface area contributed by atoms with Gasteiger partial charge in [0.05, 0.1) is 11.6 Å². The molecule has 172 valence electrons. The van der Waals surface area contributed by atoms with Crippen LogP contribution in [-0.2, 0) is 11.3 Å². The molecule has 0 fully saturated rings. The minimum absolute atomic E-state index is 0.0478. The third kappa shape index (κ3) is 6.76. The Bertz CT molecular complexity index is 1020. The van der Waals surface area contributed by atoms with E-state index in [1.807, 2.05) is 12.1 Å². The van der Waals surface area contributed by atoms with Gasteiger partial charge in [-0.2, -0.15) is 5.26 Å². The van der Waals surface area contributed by atoms with Crippen LogP contribution in [0.3, 0.4) is 0 Å². The summed E-state index contributed by atoms with van der Waals surface area (Å²) in [6.07, 6.45) is 7.12. The third-order valence-electron chi connectivity index (χ3n) is 6.50. The summed E-state index contributed by atoms with van der Waals surface area (Å²) in [4.78, 5) is 29.2. The van der Waals surface area contributed by atoms with Gasteiger partial charge in [-0.1, -0.05) is 31.6 Å². The highest BCUT2D eigenvalue weighted by Gasteiger charge is 2.32. The number of aromatic nitrogens is 1. The molecular weight excluding hydrogens is 412 g/mol. The van der Waals surface area contributed by atoms with Crippen molar-refractivity contribution in [1.29, 1.82) is 5.26 Å². The fourth-order valence-electron chi connectivity index (χ4n) is 4.52. The van der Waals surface area contributed by atoms with Crippen molar-refractivity contribution in [2.24, 2.45) is 23.7 Å². The van der Waals surface area contributed by atoms with E-state index in [1.165, 1.54) is 5.57 Å². The van der Waals surface area contributed by atoms with Crippen molar-refractivity contribution >= 4 is 11.8 Å². The maximum Gasteiger partial charge on any atom is 0.251 e. The summed E-state index contributed by atoms with van der Waals surface area (Å²) < 4.78 is 0. The summed E-state index contributed by atoms with van der Waals surface area (Å²) in [6, 6.07) is 12.5. The minimum atomic E-state index is -0.134. The Morgan fingerprint density at radius 2 is 1.94 bits per heavy atom. The molecule has 0 bridgehead atoms. The molecule has 0 spiro atoms. The van der Waals surface area contributed by atoms with Gasteiger partial charge in [-0.15, -0.1) is 0 Å². The van der Waals surface area contributed by atoms with E-state index in [0.29, 0.717) is 42.5 Å². The van der Waals surface area contributed by atoms with E-state index in [4.69, 9.17) is 5.26 Å². The molecule has 0 saturated carbocycles. The van der Waals surface area contributed by atoms with E-state index in [2.05, 4.69) is 48.5 Å². The minimum Gasteiger partial charge on any atom is -0.352 e. The van der Waals surface area contributed by atoms with Gasteiger partial charge >= 0.3 is 0 Å². The number of nitrogens with one attached hydrogen (secondary N) is 2. The Balaban J connectivity index is 1.58. The molecule has 1 aromatic carbocycles. The van der Waals surface area contributed by atoms with Crippen LogP contribution in [-0.4, -0.2) is 23.3 Å². The van der Waals surface area contributed by atoms with E-state index in [0.717, 1.165) is 12.0 Å². The molecule has 3 rings (SSSR count). The largest absolute Gasteiger partial charge is 0.352 e. The van der Waals surface area contributed by atoms with Crippen LogP contribution in [0.4, 0.5) is 0 Å². The zero-order valence-corrected chi connectivity index (χ0v) is 19.5. The number of hydrogen-bond donors (Lipinski definition) is 2. The van der Waals surface area contributed by atoms with Crippen LogP contribution in [0.5, 0.6) is 0 Å². The number of nitrogens with zero attached hydrogens (tertiary/aromatic N) is 2. The maximum absolute atomic E-state index is 12.6. The van der Waals surface area contributed by atoms with Gasteiger partial charge in [0.2, 0.25) is 5.91 Å². The summed E-state index contributed by atoms with van der Waals surface area (Å²) in [5.41, 5.74) is 3.28. The Morgan fingerprint density at radius 3 is 2.58 bits per heavy atom. The van der Waals surface area contributed by atoms with Gasteiger partial charge in [-0.3, -0.25) is 14.6 Å². The van der Waals surface area contributed by atoms with Gasteiger partial charge in [0.15, 0.2) is 0 Å². The molecule has 1 aliphatic rings. The maximum atomic E-state index is 12.6. The van der Waals surface area contributed by atoms with Gasteiger partial charge < -0.3 is 10.6 Å². The molecule has 0 aliphatic heterocycles. The molecule has 0 radical (unpaired) electrons. The molecule has 3 atom stereocenters. The van der Waals surface area contributed by atoms with Crippen LogP contribution >= 0.6 is 0 Å². The molecule has 2 N–H and O–H groups in total. The van der Waals surface area contributed by atoms with Crippen molar-refractivity contribution in [3.05, 3.63) is 77.1 Å². The average Bonchev–Trinajstić information content (AvgIpc) is 2.83. The Kier molecular flexibility index (Phi) is 8.37. The number of pyridine rings is 1. The Morgan fingerprint density at radius 1 is 1.18 bits per heavy atom. The summed E-state index contributed by atoms with van der Waals surface area (Å²) in [7, 11) is 0. The fraction of sp³-hybridized carbons (Fsp3) is 0.407. The normalized spacial score (nSPS) is 20.0. The molecule has 1 aliphatic carbocycles. The van der Waals surface area contributed by atoms with Gasteiger partial charge in [0.1, 0.15) is 0 Å². The smallest absolute Gasteiger partial charge is 0.251 e. The van der Waals surface area contributed by atoms with E-state index in [9.17, 15) is 9.59 Å². The van der Waals surface area contributed by atoms with E-state index >= 15 is 0 Å². The van der Waals surface area contributed by atoms with E-state index in [-0.39, 0.29) is 23.7 Å². The van der Waals surface area contributed by atoms with Crippen molar-refractivity contribution in [3.8, 4) is 6.07 Å². The van der Waals surface area contributed by atoms with Gasteiger partial charge in [-0.25, -0.2) is 0 Å². The lowest BCUT2D eigenvalue weighted by Crippen LogP contribution is -2.37. The SMILES string of the molecule is CC1=CC(CNC(=O)c2ccc(C#N)cc2)C(C(C)C)CC1CC(=O)NCc1cccnc1. The first kappa shape index (κ1) is 24.2. The van der Waals surface area contributed by atoms with Crippen LogP contribution in [0, 0.1) is 35.0 Å². The lowest BCUT2D eigenvalue weighted by Gasteiger charge is -2.37. The zero-order chi connectivity index (χ0) is 23.8. The van der Waals surface area contributed by atoms with Crippen LogP contribution in [0.2, 0.25) is 0 Å². The quantitative estimate of drug-likeness (QED) is 0.595. The lowest BCUT2D eigenvalue weighted by molar-refractivity contribution is -0.122. The van der Waals surface area contributed by atoms with Crippen molar-refractivity contribution in [3.63, 3.8) is 0 Å². The van der Waals surface area contributed by atoms with Gasteiger partial charge in [-0.05, 0) is 72.9 Å². The van der Waals surface area contributed by atoms with E-state index in [1.54, 1.807) is 36.7 Å². The molecule has 6 nitrogen and oxygen atoms in total. The summed E-state index contributed by atoms with van der Waals surface area (Å²) in [5, 5.41) is 15.0. The highest BCUT2D eigenvalue weighted by atomic mass is 16.2. The predicted octanol–water partition coefficient (Wildman–Crippen LogP) is 4.24. The first-order valence-electron chi connectivity index (χ1n) is 11.5. The zero-order valence-electron chi connectivity index (χ0n) is 19.5. The van der Waals surface area contributed by atoms with Gasteiger partial charge in [0.25, 0.3) is 5.91 Å². The Hall–Kier alpha value is -3.46. The summed E-state index contributed by atoms with van der Waals surface area (Å²) in [6.45, 7) is 7.53. The van der Waals surface area contributed by atoms with Crippen molar-refractivity contribution in [2.45, 2.75) is 40.2 Å². The number of benzene rings is 1. The number of rotatable bonds is 8. The number of amides is 2. The number of allylic oxidation sites excluding steroid dienone is 1. The number of nitriles is 1. The number of hydrogen-bond acceptors (Lipinski definition) is 4. The summed E-state index contributed by atoms with van der Waals surface area (Å²) >= 11 is 0. The second-order valence-electron chi connectivity index (χ2n) is 9.16. The average molecular weight is 445 g/mol. The van der Waals surface area contributed by atoms with Gasteiger partial charge in [0, 0.05) is 37.5 Å². The number of carbonyl (C=O) groups is 2. The predicted molar refractivity (Wildman–Crippen MR) is 128 cm³/mol. The standard InChI is InChI=1S/C27H32N4O2/c1-18(2)25-12-23(13-26(32)30-16-21-5-4-10-29-15-21)19(3)11-24(25)17-31-27(33)22-8-6-20(14-28)7-9-22/h4-11,15,18,23-25H,12-13,16-17H2,1-3H3,(H,30,32)(H,31,33). The summed E-state index contributed by atoms with van der Waals surface area (Å²) in [5.74, 6) is 1.16. The van der Waals surface area contributed by atoms with Crippen LogP contribution in [0.25, 0.3) is 0 Å². The molecule has 0 saturated heterocycles. The number of carbonyl (C=O) groups excluding carboxylic acids is 2. The second-order valence-corrected chi connectivity index (χ2v) is 9.16. The monoisotopic (exact) mass is 444 g/mol. The highest BCUT2D eigenvalue weighted by molar-refractivity contribution is 5.94. The third-order valence-corrected chi connectivity index (χ3v) is 6.50. The van der Waals surface area contributed by atoms with E-state index < -0.39 is 0 Å². The van der Waals surface area contributed by atoms with Crippen molar-refractivity contribution in [2.75, 3.05) is 6.54 Å². The molecule has 1 aromatic heterocycles. The van der Waals surface area contributed by atoms with Crippen LogP contribution in [0.1, 0.15) is 55.1 Å². The highest BCUT2D eigenvalue weighted by Crippen LogP contribution is 2.38. The lowest BCUT2D eigenvalue weighted by atomic mass is 9.69. The molecule has 2 aromatic rings. The van der Waals surface area contributed by atoms with Crippen LogP contribution in [0.15, 0.2) is 60.4 Å². The molecular formula is C27H32N4O2. The molecule has 1 heterocycles. The van der Waals surface area contributed by atoms with Crippen molar-refractivity contribution in [1.82, 2.24) is 15.6 Å². The topological polar surface area (TPSA) is 94.9 Å². The first-order chi connectivity index (χ1) is 15.9. The first-order valence-corrected chi connectivity index (χ1v) is 11.5. The molecule has 6 heteroatoms. The van der Waals surface area contributed by atoms with Crippen molar-refractivity contribution < 1.29 is 9.59 Å². The fourth-order valence-corrected chi connectivity index (χ4v) is 4.52. The second kappa shape index (κ2) is 11.4. The Labute approximate surface area is 196 Å². The molecule has 3 unspecified atom stereocenters. The molecule has 33 heavy (non-hydrogen) atoms. The molecule has 2 amide bonds. The van der Waals surface area contributed by atoms with Crippen LogP contribution < -0.4 is 10.6 Å².